The molecule has 1 aliphatic rings. The van der Waals surface area contributed by atoms with Crippen LogP contribution in [0.3, 0.4) is 0 Å². The van der Waals surface area contributed by atoms with Crippen molar-refractivity contribution in [3.8, 4) is 5.75 Å². The predicted molar refractivity (Wildman–Crippen MR) is 70.9 cm³/mol. The van der Waals surface area contributed by atoms with Crippen LogP contribution in [-0.2, 0) is 4.74 Å². The van der Waals surface area contributed by atoms with Crippen molar-refractivity contribution in [3.63, 3.8) is 0 Å². The molecule has 4 N–H and O–H groups in total. The molecule has 0 spiro atoms. The highest BCUT2D eigenvalue weighted by atomic mass is 35.5. The van der Waals surface area contributed by atoms with Crippen LogP contribution < -0.4 is 4.74 Å². The first-order chi connectivity index (χ1) is 9.43. The van der Waals surface area contributed by atoms with Gasteiger partial charge in [0.15, 0.2) is 0 Å². The van der Waals surface area contributed by atoms with Gasteiger partial charge in [-0.3, -0.25) is 0 Å². The standard InChI is InChI=1S/C12H14Cl2O6/c13-5-1-2-7(6(14)3-5)19-12-11(18)10(17)9(16)8(4-15)20-12/h1-3,8-12,15-18H,4H2/t8?,9?,10-,11?,12-/m1/s1. The summed E-state index contributed by atoms with van der Waals surface area (Å²) in [7, 11) is 0. The largest absolute Gasteiger partial charge is 0.460 e. The summed E-state index contributed by atoms with van der Waals surface area (Å²) in [6.07, 6.45) is -6.74. The molecule has 0 radical (unpaired) electrons. The zero-order valence-electron chi connectivity index (χ0n) is 10.2. The lowest BCUT2D eigenvalue weighted by molar-refractivity contribution is -0.277. The van der Waals surface area contributed by atoms with Crippen molar-refractivity contribution in [1.29, 1.82) is 0 Å². The van der Waals surface area contributed by atoms with Crippen molar-refractivity contribution < 1.29 is 29.9 Å². The first-order valence-corrected chi connectivity index (χ1v) is 6.62. The second-order valence-electron chi connectivity index (χ2n) is 4.39. The summed E-state index contributed by atoms with van der Waals surface area (Å²) in [5.74, 6) is 0.195. The van der Waals surface area contributed by atoms with Gasteiger partial charge in [-0.2, -0.15) is 0 Å². The molecule has 2 rings (SSSR count). The van der Waals surface area contributed by atoms with Gasteiger partial charge < -0.3 is 29.9 Å². The minimum absolute atomic E-state index is 0.195. The highest BCUT2D eigenvalue weighted by Gasteiger charge is 2.44. The molecule has 8 heteroatoms. The lowest BCUT2D eigenvalue weighted by Crippen LogP contribution is -2.60. The molecule has 1 fully saturated rings. The molecule has 112 valence electrons. The van der Waals surface area contributed by atoms with Crippen LogP contribution in [0.25, 0.3) is 0 Å². The third-order valence-electron chi connectivity index (χ3n) is 2.99. The molecule has 20 heavy (non-hydrogen) atoms. The molecule has 0 bridgehead atoms. The van der Waals surface area contributed by atoms with Gasteiger partial charge in [-0.1, -0.05) is 23.2 Å². The maximum atomic E-state index is 9.82. The Hall–Kier alpha value is -0.600. The number of aliphatic hydroxyl groups excluding tert-OH is 4. The number of ether oxygens (including phenoxy) is 2. The van der Waals surface area contributed by atoms with Crippen LogP contribution in [0.15, 0.2) is 18.2 Å². The third-order valence-corrected chi connectivity index (χ3v) is 3.52. The second-order valence-corrected chi connectivity index (χ2v) is 5.23. The minimum Gasteiger partial charge on any atom is -0.460 e. The SMILES string of the molecule is OCC1O[C@@H](Oc2ccc(Cl)cc2Cl)C(O)[C@H](O)C1O. The maximum absolute atomic E-state index is 9.82. The summed E-state index contributed by atoms with van der Waals surface area (Å²) < 4.78 is 10.6. The van der Waals surface area contributed by atoms with Crippen LogP contribution >= 0.6 is 23.2 Å². The number of halogens is 2. The Kier molecular flexibility index (Phi) is 5.09. The number of aliphatic hydroxyl groups is 4. The van der Waals surface area contributed by atoms with Gasteiger partial charge in [0.25, 0.3) is 0 Å². The summed E-state index contributed by atoms with van der Waals surface area (Å²) >= 11 is 11.7. The van der Waals surface area contributed by atoms with Crippen molar-refractivity contribution in [2.45, 2.75) is 30.7 Å². The van der Waals surface area contributed by atoms with E-state index in [-0.39, 0.29) is 10.8 Å². The fourth-order valence-electron chi connectivity index (χ4n) is 1.86. The van der Waals surface area contributed by atoms with Crippen molar-refractivity contribution in [2.24, 2.45) is 0 Å². The van der Waals surface area contributed by atoms with Gasteiger partial charge >= 0.3 is 0 Å². The molecule has 0 aromatic heterocycles. The van der Waals surface area contributed by atoms with Crippen molar-refractivity contribution >= 4 is 23.2 Å². The van der Waals surface area contributed by atoms with Crippen molar-refractivity contribution in [1.82, 2.24) is 0 Å². The molecule has 1 heterocycles. The van der Waals surface area contributed by atoms with Crippen LogP contribution in [0.5, 0.6) is 5.75 Å². The van der Waals surface area contributed by atoms with Crippen LogP contribution in [0.2, 0.25) is 10.0 Å². The normalized spacial score (nSPS) is 34.0. The molecule has 3 unspecified atom stereocenters. The predicted octanol–water partition coefficient (Wildman–Crippen LogP) is 0.172. The number of rotatable bonds is 3. The Morgan fingerprint density at radius 1 is 1.10 bits per heavy atom. The number of hydrogen-bond donors (Lipinski definition) is 4. The Morgan fingerprint density at radius 2 is 1.80 bits per heavy atom. The van der Waals surface area contributed by atoms with E-state index in [0.29, 0.717) is 5.02 Å². The Morgan fingerprint density at radius 3 is 2.40 bits per heavy atom. The fraction of sp³-hybridized carbons (Fsp3) is 0.500. The third kappa shape index (κ3) is 3.17. The first kappa shape index (κ1) is 15.8. The van der Waals surface area contributed by atoms with Gasteiger partial charge in [-0.15, -0.1) is 0 Å². The zero-order chi connectivity index (χ0) is 14.9. The zero-order valence-corrected chi connectivity index (χ0v) is 11.7. The highest BCUT2D eigenvalue weighted by molar-refractivity contribution is 6.35. The quantitative estimate of drug-likeness (QED) is 0.632. The Labute approximate surface area is 125 Å². The monoisotopic (exact) mass is 324 g/mol. The Bertz CT molecular complexity index is 469. The molecular weight excluding hydrogens is 311 g/mol. The summed E-state index contributed by atoms with van der Waals surface area (Å²) in [5, 5.41) is 38.8. The van der Waals surface area contributed by atoms with Crippen LogP contribution in [0.4, 0.5) is 0 Å². The average molecular weight is 325 g/mol. The topological polar surface area (TPSA) is 99.4 Å². The van der Waals surface area contributed by atoms with E-state index in [1.807, 2.05) is 0 Å². The molecule has 0 saturated carbocycles. The van der Waals surface area contributed by atoms with E-state index in [4.69, 9.17) is 37.8 Å². The summed E-state index contributed by atoms with van der Waals surface area (Å²) in [4.78, 5) is 0. The fourth-order valence-corrected chi connectivity index (χ4v) is 2.31. The van der Waals surface area contributed by atoms with Gasteiger partial charge in [0.1, 0.15) is 30.2 Å². The molecule has 1 aromatic rings. The second kappa shape index (κ2) is 6.44. The van der Waals surface area contributed by atoms with E-state index >= 15 is 0 Å². The molecule has 0 amide bonds. The van der Waals surface area contributed by atoms with E-state index in [0.717, 1.165) is 0 Å². The minimum atomic E-state index is -1.50. The number of hydrogen-bond acceptors (Lipinski definition) is 6. The molecule has 5 atom stereocenters. The summed E-state index contributed by atoms with van der Waals surface area (Å²) in [5.41, 5.74) is 0. The maximum Gasteiger partial charge on any atom is 0.229 e. The summed E-state index contributed by atoms with van der Waals surface area (Å²) in [6.45, 7) is -0.529. The summed E-state index contributed by atoms with van der Waals surface area (Å²) in [6, 6.07) is 4.46. The van der Waals surface area contributed by atoms with Crippen LogP contribution in [-0.4, -0.2) is 57.7 Å². The van der Waals surface area contributed by atoms with Gasteiger partial charge in [-0.05, 0) is 18.2 Å². The molecule has 6 nitrogen and oxygen atoms in total. The van der Waals surface area contributed by atoms with Crippen molar-refractivity contribution in [2.75, 3.05) is 6.61 Å². The van der Waals surface area contributed by atoms with Gasteiger partial charge in [0.05, 0.1) is 11.6 Å². The van der Waals surface area contributed by atoms with Gasteiger partial charge in [0.2, 0.25) is 6.29 Å². The van der Waals surface area contributed by atoms with E-state index in [9.17, 15) is 15.3 Å². The molecule has 1 saturated heterocycles. The van der Waals surface area contributed by atoms with Crippen LogP contribution in [0, 0.1) is 0 Å². The van der Waals surface area contributed by atoms with E-state index in [1.54, 1.807) is 0 Å². The van der Waals surface area contributed by atoms with E-state index < -0.39 is 37.3 Å². The highest BCUT2D eigenvalue weighted by Crippen LogP contribution is 2.31. The van der Waals surface area contributed by atoms with Gasteiger partial charge in [0, 0.05) is 5.02 Å². The smallest absolute Gasteiger partial charge is 0.229 e. The van der Waals surface area contributed by atoms with E-state index in [2.05, 4.69) is 0 Å². The van der Waals surface area contributed by atoms with Crippen LogP contribution in [0.1, 0.15) is 0 Å². The lowest BCUT2D eigenvalue weighted by Gasteiger charge is -2.39. The average Bonchev–Trinajstić information content (AvgIpc) is 2.42. The van der Waals surface area contributed by atoms with Crippen molar-refractivity contribution in [3.05, 3.63) is 28.2 Å². The lowest BCUT2D eigenvalue weighted by atomic mass is 9.99. The Balaban J connectivity index is 2.15. The number of benzene rings is 1. The molecular formula is C12H14Cl2O6. The molecule has 0 aliphatic carbocycles. The molecule has 1 aliphatic heterocycles. The van der Waals surface area contributed by atoms with Gasteiger partial charge in [-0.25, -0.2) is 0 Å². The van der Waals surface area contributed by atoms with E-state index in [1.165, 1.54) is 18.2 Å². The molecule has 1 aromatic carbocycles. The first-order valence-electron chi connectivity index (χ1n) is 5.86.